The molecule has 0 unspecified atom stereocenters. The number of urea groups is 1. The molecule has 3 amide bonds. The van der Waals surface area contributed by atoms with Gasteiger partial charge in [0, 0.05) is 38.2 Å². The van der Waals surface area contributed by atoms with E-state index >= 15 is 0 Å². The molecule has 0 bridgehead atoms. The van der Waals surface area contributed by atoms with Crippen molar-refractivity contribution in [1.29, 1.82) is 0 Å². The average Bonchev–Trinajstić information content (AvgIpc) is 2.76. The van der Waals surface area contributed by atoms with Gasteiger partial charge in [-0.25, -0.2) is 4.79 Å². The summed E-state index contributed by atoms with van der Waals surface area (Å²) >= 11 is 0. The van der Waals surface area contributed by atoms with E-state index in [1.54, 1.807) is 36.2 Å². The number of amides is 3. The molecule has 1 aliphatic rings. The maximum Gasteiger partial charge on any atom is 0.416 e. The Morgan fingerprint density at radius 3 is 2.63 bits per heavy atom. The van der Waals surface area contributed by atoms with Crippen molar-refractivity contribution in [3.63, 3.8) is 0 Å². The van der Waals surface area contributed by atoms with Crippen LogP contribution >= 0.6 is 0 Å². The normalized spacial score (nSPS) is 16.8. The molecule has 2 aromatic carbocycles. The number of nitrogens with one attached hydrogen (secondary N) is 2. The van der Waals surface area contributed by atoms with E-state index in [1.165, 1.54) is 6.07 Å². The van der Waals surface area contributed by atoms with Crippen LogP contribution in [0.25, 0.3) is 0 Å². The number of carbonyl (C=O) groups excluding carboxylic acids is 2. The van der Waals surface area contributed by atoms with Crippen molar-refractivity contribution in [2.24, 2.45) is 0 Å². The van der Waals surface area contributed by atoms with Gasteiger partial charge in [0.05, 0.1) is 5.56 Å². The summed E-state index contributed by atoms with van der Waals surface area (Å²) < 4.78 is 38.5. The Morgan fingerprint density at radius 1 is 1.13 bits per heavy atom. The highest BCUT2D eigenvalue weighted by atomic mass is 19.4. The topological polar surface area (TPSA) is 61.4 Å². The third-order valence-corrected chi connectivity index (χ3v) is 5.25. The molecule has 3 rings (SSSR count). The molecule has 30 heavy (non-hydrogen) atoms. The van der Waals surface area contributed by atoms with Crippen molar-refractivity contribution < 1.29 is 22.8 Å². The first-order valence-corrected chi connectivity index (χ1v) is 9.79. The predicted molar refractivity (Wildman–Crippen MR) is 107 cm³/mol. The number of halogens is 3. The van der Waals surface area contributed by atoms with Crippen molar-refractivity contribution >= 4 is 11.9 Å². The van der Waals surface area contributed by atoms with Crippen LogP contribution in [0.15, 0.2) is 48.5 Å². The van der Waals surface area contributed by atoms with E-state index in [9.17, 15) is 22.8 Å². The molecular weight excluding hydrogens is 395 g/mol. The fourth-order valence-electron chi connectivity index (χ4n) is 3.67. The predicted octanol–water partition coefficient (Wildman–Crippen LogP) is 4.15. The van der Waals surface area contributed by atoms with Crippen LogP contribution in [0.1, 0.15) is 45.8 Å². The minimum absolute atomic E-state index is 0.000852. The molecule has 0 aliphatic carbocycles. The molecule has 1 fully saturated rings. The van der Waals surface area contributed by atoms with Crippen molar-refractivity contribution in [1.82, 2.24) is 15.5 Å². The number of hydrogen-bond donors (Lipinski definition) is 2. The molecule has 1 aliphatic heterocycles. The largest absolute Gasteiger partial charge is 0.416 e. The number of alkyl halides is 3. The van der Waals surface area contributed by atoms with Crippen LogP contribution in [-0.4, -0.2) is 37.0 Å². The second-order valence-corrected chi connectivity index (χ2v) is 7.35. The first-order chi connectivity index (χ1) is 14.3. The van der Waals surface area contributed by atoms with Gasteiger partial charge < -0.3 is 15.5 Å². The van der Waals surface area contributed by atoms with Gasteiger partial charge in [0.2, 0.25) is 0 Å². The van der Waals surface area contributed by atoms with E-state index in [2.05, 4.69) is 10.6 Å². The summed E-state index contributed by atoms with van der Waals surface area (Å²) in [6, 6.07) is 12.0. The van der Waals surface area contributed by atoms with Gasteiger partial charge in [-0.15, -0.1) is 0 Å². The Labute approximate surface area is 173 Å². The molecular formula is C22H24F3N3O2. The molecule has 2 N–H and O–H groups in total. The molecule has 160 valence electrons. The second-order valence-electron chi connectivity index (χ2n) is 7.35. The second kappa shape index (κ2) is 9.19. The summed E-state index contributed by atoms with van der Waals surface area (Å²) in [7, 11) is 1.60. The highest BCUT2D eigenvalue weighted by molar-refractivity contribution is 5.94. The van der Waals surface area contributed by atoms with Crippen molar-refractivity contribution in [3.8, 4) is 0 Å². The lowest BCUT2D eigenvalue weighted by Gasteiger charge is -2.32. The van der Waals surface area contributed by atoms with Crippen molar-refractivity contribution in [2.75, 3.05) is 20.1 Å². The van der Waals surface area contributed by atoms with Crippen molar-refractivity contribution in [2.45, 2.75) is 31.5 Å². The number of nitrogens with zero attached hydrogens (tertiary/aromatic N) is 1. The van der Waals surface area contributed by atoms with Crippen LogP contribution in [-0.2, 0) is 12.7 Å². The Bertz CT molecular complexity index is 914. The number of rotatable bonds is 4. The molecule has 0 radical (unpaired) electrons. The zero-order valence-electron chi connectivity index (χ0n) is 16.6. The maximum absolute atomic E-state index is 12.8. The lowest BCUT2D eigenvalue weighted by Crippen LogP contribution is -2.43. The van der Waals surface area contributed by atoms with E-state index in [-0.39, 0.29) is 24.4 Å². The standard InChI is InChI=1S/C22H24F3N3O2/c1-26-21(30)28-10-4-8-18(14-28)16-6-3-7-17(12-16)20(29)27-13-15-5-2-9-19(11-15)22(23,24)25/h2-3,5-7,9,11-12,18H,4,8,10,13-14H2,1H3,(H,26,30)(H,27,29)/t18-/m0/s1. The fourth-order valence-corrected chi connectivity index (χ4v) is 3.67. The fraction of sp³-hybridized carbons (Fsp3) is 0.364. The number of likely N-dealkylation sites (tertiary alicyclic amines) is 1. The maximum atomic E-state index is 12.8. The first-order valence-electron chi connectivity index (χ1n) is 9.79. The van der Waals surface area contributed by atoms with E-state index in [0.29, 0.717) is 24.2 Å². The van der Waals surface area contributed by atoms with Gasteiger partial charge in [0.1, 0.15) is 0 Å². The van der Waals surface area contributed by atoms with Gasteiger partial charge in [-0.3, -0.25) is 4.79 Å². The molecule has 1 heterocycles. The molecule has 1 atom stereocenters. The number of benzene rings is 2. The van der Waals surface area contributed by atoms with E-state index in [1.807, 2.05) is 6.07 Å². The highest BCUT2D eigenvalue weighted by Crippen LogP contribution is 2.30. The third-order valence-electron chi connectivity index (χ3n) is 5.25. The number of piperidine rings is 1. The number of carbonyl (C=O) groups is 2. The molecule has 5 nitrogen and oxygen atoms in total. The van der Waals surface area contributed by atoms with Crippen LogP contribution in [0.4, 0.5) is 18.0 Å². The molecule has 0 spiro atoms. The average molecular weight is 419 g/mol. The molecule has 1 saturated heterocycles. The quantitative estimate of drug-likeness (QED) is 0.782. The Balaban J connectivity index is 1.66. The smallest absolute Gasteiger partial charge is 0.348 e. The summed E-state index contributed by atoms with van der Waals surface area (Å²) in [6.07, 6.45) is -2.62. The Morgan fingerprint density at radius 2 is 1.90 bits per heavy atom. The molecule has 0 saturated carbocycles. The minimum atomic E-state index is -4.42. The Hall–Kier alpha value is -3.03. The van der Waals surface area contributed by atoms with Gasteiger partial charge >= 0.3 is 12.2 Å². The van der Waals surface area contributed by atoms with Gasteiger partial charge in [-0.2, -0.15) is 13.2 Å². The SMILES string of the molecule is CNC(=O)N1CCC[C@H](c2cccc(C(=O)NCc3cccc(C(F)(F)F)c3)c2)C1. The number of hydrogen-bond acceptors (Lipinski definition) is 2. The lowest BCUT2D eigenvalue weighted by atomic mass is 9.89. The molecule has 2 aromatic rings. The van der Waals surface area contributed by atoms with Crippen LogP contribution in [0.3, 0.4) is 0 Å². The van der Waals surface area contributed by atoms with Gasteiger partial charge in [0.15, 0.2) is 0 Å². The van der Waals surface area contributed by atoms with E-state index in [4.69, 9.17) is 0 Å². The summed E-state index contributed by atoms with van der Waals surface area (Å²) in [5.74, 6) is -0.222. The lowest BCUT2D eigenvalue weighted by molar-refractivity contribution is -0.137. The monoisotopic (exact) mass is 419 g/mol. The zero-order chi connectivity index (χ0) is 21.7. The first kappa shape index (κ1) is 21.7. The summed E-state index contributed by atoms with van der Waals surface area (Å²) in [5, 5.41) is 5.31. The van der Waals surface area contributed by atoms with Gasteiger partial charge in [0.25, 0.3) is 5.91 Å². The summed E-state index contributed by atoms with van der Waals surface area (Å²) in [5.41, 5.74) is 1.05. The Kier molecular flexibility index (Phi) is 6.64. The van der Waals surface area contributed by atoms with E-state index in [0.717, 1.165) is 30.5 Å². The highest BCUT2D eigenvalue weighted by Gasteiger charge is 2.30. The van der Waals surface area contributed by atoms with Crippen molar-refractivity contribution in [3.05, 3.63) is 70.8 Å². The summed E-state index contributed by atoms with van der Waals surface area (Å²) in [4.78, 5) is 26.2. The van der Waals surface area contributed by atoms with E-state index < -0.39 is 11.7 Å². The van der Waals surface area contributed by atoms with Crippen LogP contribution in [0, 0.1) is 0 Å². The molecule has 8 heteroatoms. The van der Waals surface area contributed by atoms with Crippen LogP contribution in [0.5, 0.6) is 0 Å². The van der Waals surface area contributed by atoms with Crippen LogP contribution in [0.2, 0.25) is 0 Å². The van der Waals surface area contributed by atoms with Crippen LogP contribution < -0.4 is 10.6 Å². The summed E-state index contributed by atoms with van der Waals surface area (Å²) in [6.45, 7) is 1.28. The van der Waals surface area contributed by atoms with Gasteiger partial charge in [-0.05, 0) is 48.2 Å². The van der Waals surface area contributed by atoms with Gasteiger partial charge in [-0.1, -0.05) is 24.3 Å². The molecule has 0 aromatic heterocycles. The third kappa shape index (κ3) is 5.31. The zero-order valence-corrected chi connectivity index (χ0v) is 16.6. The minimum Gasteiger partial charge on any atom is -0.348 e.